The minimum atomic E-state index is 0.535. The lowest BCUT2D eigenvalue weighted by Crippen LogP contribution is -1.98. The molecular weight excluding hydrogens is 178 g/mol. The topological polar surface area (TPSA) is 26.0 Å². The largest absolute Gasteiger partial charge is 0.326 e. The Bertz CT molecular complexity index is 409. The summed E-state index contributed by atoms with van der Waals surface area (Å²) in [5, 5.41) is 1.28. The van der Waals surface area contributed by atoms with Crippen LogP contribution in [-0.2, 0) is 0 Å². The molecule has 0 spiro atoms. The van der Waals surface area contributed by atoms with Crippen molar-refractivity contribution in [1.82, 2.24) is 0 Å². The highest BCUT2D eigenvalue weighted by Gasteiger charge is 2.02. The van der Waals surface area contributed by atoms with Crippen molar-refractivity contribution < 1.29 is 0 Å². The molecule has 2 N–H and O–H groups in total. The molecule has 0 aliphatic rings. The second-order valence-electron chi connectivity index (χ2n) is 2.96. The zero-order valence-corrected chi connectivity index (χ0v) is 8.10. The Labute approximate surface area is 81.5 Å². The van der Waals surface area contributed by atoms with Crippen molar-refractivity contribution in [3.05, 3.63) is 41.8 Å². The normalized spacial score (nSPS) is 10.5. The van der Waals surface area contributed by atoms with Crippen molar-refractivity contribution in [2.24, 2.45) is 5.73 Å². The van der Waals surface area contributed by atoms with Crippen LogP contribution in [0.1, 0.15) is 4.88 Å². The van der Waals surface area contributed by atoms with Crippen LogP contribution < -0.4 is 5.73 Å². The lowest BCUT2D eigenvalue weighted by Gasteiger charge is -1.94. The van der Waals surface area contributed by atoms with E-state index in [9.17, 15) is 0 Å². The van der Waals surface area contributed by atoms with Crippen molar-refractivity contribution in [2.45, 2.75) is 0 Å². The van der Waals surface area contributed by atoms with E-state index in [1.807, 2.05) is 12.1 Å². The second kappa shape index (κ2) is 3.32. The summed E-state index contributed by atoms with van der Waals surface area (Å²) in [7, 11) is 0. The molecule has 1 heterocycles. The third-order valence-corrected chi connectivity index (χ3v) is 3.24. The Balaban J connectivity index is 2.56. The molecule has 66 valence electrons. The number of hydrogen-bond donors (Lipinski definition) is 1. The summed E-state index contributed by atoms with van der Waals surface area (Å²) in [6.45, 7) is 4.46. The van der Waals surface area contributed by atoms with Crippen LogP contribution in [0.25, 0.3) is 15.7 Å². The standard InChI is InChI=1S/C11H11NS/c1-8(7-12)11-6-9-4-2-3-5-10(9)13-11/h2-6H,1,7,12H2. The number of fused-ring (bicyclic) bond motifs is 1. The second-order valence-corrected chi connectivity index (χ2v) is 4.04. The zero-order chi connectivity index (χ0) is 9.26. The Kier molecular flexibility index (Phi) is 2.17. The summed E-state index contributed by atoms with van der Waals surface area (Å²) >= 11 is 1.75. The fourth-order valence-electron chi connectivity index (χ4n) is 1.26. The van der Waals surface area contributed by atoms with Crippen LogP contribution in [0.5, 0.6) is 0 Å². The van der Waals surface area contributed by atoms with Crippen LogP contribution in [0.15, 0.2) is 36.9 Å². The van der Waals surface area contributed by atoms with Gasteiger partial charge >= 0.3 is 0 Å². The number of thiophene rings is 1. The number of nitrogens with two attached hydrogens (primary N) is 1. The van der Waals surface area contributed by atoms with E-state index < -0.39 is 0 Å². The molecule has 1 aromatic heterocycles. The van der Waals surface area contributed by atoms with Gasteiger partial charge in [-0.1, -0.05) is 24.8 Å². The van der Waals surface area contributed by atoms with Gasteiger partial charge in [-0.15, -0.1) is 11.3 Å². The van der Waals surface area contributed by atoms with E-state index in [1.54, 1.807) is 11.3 Å². The van der Waals surface area contributed by atoms with E-state index in [4.69, 9.17) is 5.73 Å². The van der Waals surface area contributed by atoms with Gasteiger partial charge in [-0.3, -0.25) is 0 Å². The van der Waals surface area contributed by atoms with Gasteiger partial charge in [0.05, 0.1) is 0 Å². The molecule has 0 fully saturated rings. The van der Waals surface area contributed by atoms with Crippen LogP contribution >= 0.6 is 11.3 Å². The fourth-order valence-corrected chi connectivity index (χ4v) is 2.30. The smallest absolute Gasteiger partial charge is 0.0349 e. The van der Waals surface area contributed by atoms with Gasteiger partial charge in [0.1, 0.15) is 0 Å². The van der Waals surface area contributed by atoms with Crippen LogP contribution in [0, 0.1) is 0 Å². The summed E-state index contributed by atoms with van der Waals surface area (Å²) in [6.07, 6.45) is 0. The first-order valence-corrected chi connectivity index (χ1v) is 4.99. The first-order chi connectivity index (χ1) is 6.31. The van der Waals surface area contributed by atoms with Crippen molar-refractivity contribution in [1.29, 1.82) is 0 Å². The van der Waals surface area contributed by atoms with Gasteiger partial charge in [-0.25, -0.2) is 0 Å². The Morgan fingerprint density at radius 3 is 2.85 bits per heavy atom. The molecule has 0 bridgehead atoms. The molecule has 2 aromatic rings. The first kappa shape index (κ1) is 8.48. The molecule has 0 unspecified atom stereocenters. The maximum absolute atomic E-state index is 5.53. The Morgan fingerprint density at radius 2 is 2.15 bits per heavy atom. The molecule has 13 heavy (non-hydrogen) atoms. The van der Waals surface area contributed by atoms with Crippen molar-refractivity contribution in [2.75, 3.05) is 6.54 Å². The Hall–Kier alpha value is -1.12. The molecular formula is C11H11NS. The summed E-state index contributed by atoms with van der Waals surface area (Å²) in [5.74, 6) is 0. The minimum Gasteiger partial charge on any atom is -0.326 e. The van der Waals surface area contributed by atoms with Gasteiger partial charge < -0.3 is 5.73 Å². The maximum atomic E-state index is 5.53. The van der Waals surface area contributed by atoms with Gasteiger partial charge in [0.25, 0.3) is 0 Å². The van der Waals surface area contributed by atoms with E-state index in [1.165, 1.54) is 15.0 Å². The van der Waals surface area contributed by atoms with E-state index in [0.29, 0.717) is 6.54 Å². The lowest BCUT2D eigenvalue weighted by atomic mass is 10.2. The maximum Gasteiger partial charge on any atom is 0.0349 e. The molecule has 0 saturated carbocycles. The molecule has 0 radical (unpaired) electrons. The summed E-state index contributed by atoms with van der Waals surface area (Å²) in [6, 6.07) is 10.5. The quantitative estimate of drug-likeness (QED) is 0.772. The predicted molar refractivity (Wildman–Crippen MR) is 59.9 cm³/mol. The van der Waals surface area contributed by atoms with Gasteiger partial charge in [0, 0.05) is 16.1 Å². The lowest BCUT2D eigenvalue weighted by molar-refractivity contribution is 1.28. The molecule has 0 aliphatic carbocycles. The zero-order valence-electron chi connectivity index (χ0n) is 7.29. The highest BCUT2D eigenvalue weighted by atomic mass is 32.1. The number of hydrogen-bond acceptors (Lipinski definition) is 2. The van der Waals surface area contributed by atoms with Crippen LogP contribution in [0.4, 0.5) is 0 Å². The van der Waals surface area contributed by atoms with Crippen LogP contribution in [0.2, 0.25) is 0 Å². The average Bonchev–Trinajstić information content (AvgIpc) is 2.59. The van der Waals surface area contributed by atoms with Crippen molar-refractivity contribution >= 4 is 27.0 Å². The van der Waals surface area contributed by atoms with Crippen LogP contribution in [0.3, 0.4) is 0 Å². The van der Waals surface area contributed by atoms with Crippen LogP contribution in [-0.4, -0.2) is 6.54 Å². The Morgan fingerprint density at radius 1 is 1.38 bits per heavy atom. The van der Waals surface area contributed by atoms with Gasteiger partial charge in [0.2, 0.25) is 0 Å². The van der Waals surface area contributed by atoms with Gasteiger partial charge in [0.15, 0.2) is 0 Å². The molecule has 0 saturated heterocycles. The first-order valence-electron chi connectivity index (χ1n) is 4.18. The monoisotopic (exact) mass is 189 g/mol. The molecule has 0 atom stereocenters. The molecule has 1 nitrogen and oxygen atoms in total. The van der Waals surface area contributed by atoms with E-state index >= 15 is 0 Å². The molecule has 0 aliphatic heterocycles. The highest BCUT2D eigenvalue weighted by molar-refractivity contribution is 7.20. The predicted octanol–water partition coefficient (Wildman–Crippen LogP) is 2.87. The third kappa shape index (κ3) is 1.50. The fraction of sp³-hybridized carbons (Fsp3) is 0.0909. The molecule has 1 aromatic carbocycles. The SMILES string of the molecule is C=C(CN)c1cc2ccccc2s1. The molecule has 0 amide bonds. The average molecular weight is 189 g/mol. The summed E-state index contributed by atoms with van der Waals surface area (Å²) < 4.78 is 1.30. The van der Waals surface area contributed by atoms with E-state index in [-0.39, 0.29) is 0 Å². The number of benzene rings is 1. The number of rotatable bonds is 2. The van der Waals surface area contributed by atoms with E-state index in [2.05, 4.69) is 24.8 Å². The molecule has 2 rings (SSSR count). The summed E-state index contributed by atoms with van der Waals surface area (Å²) in [5.41, 5.74) is 6.55. The minimum absolute atomic E-state index is 0.535. The van der Waals surface area contributed by atoms with Gasteiger partial charge in [-0.2, -0.15) is 0 Å². The molecule has 2 heteroatoms. The van der Waals surface area contributed by atoms with Gasteiger partial charge in [-0.05, 0) is 23.1 Å². The van der Waals surface area contributed by atoms with Crippen molar-refractivity contribution in [3.63, 3.8) is 0 Å². The van der Waals surface area contributed by atoms with Crippen molar-refractivity contribution in [3.8, 4) is 0 Å². The summed E-state index contributed by atoms with van der Waals surface area (Å²) in [4.78, 5) is 1.20. The highest BCUT2D eigenvalue weighted by Crippen LogP contribution is 2.28. The van der Waals surface area contributed by atoms with E-state index in [0.717, 1.165) is 5.57 Å². The third-order valence-electron chi connectivity index (χ3n) is 2.02.